The summed E-state index contributed by atoms with van der Waals surface area (Å²) < 4.78 is 49.2. The fourth-order valence-corrected chi connectivity index (χ4v) is 2.39. The zero-order valence-corrected chi connectivity index (χ0v) is 13.1. The topological polar surface area (TPSA) is 176 Å². The van der Waals surface area contributed by atoms with Crippen LogP contribution in [0, 0.1) is 0 Å². The number of hydrogen-bond donors (Lipinski definition) is 5. The van der Waals surface area contributed by atoms with Gasteiger partial charge >= 0.3 is 10.4 Å². The van der Waals surface area contributed by atoms with Gasteiger partial charge in [-0.15, -0.1) is 0 Å². The first kappa shape index (κ1) is 19.2. The third kappa shape index (κ3) is 4.72. The van der Waals surface area contributed by atoms with E-state index in [1.54, 1.807) is 0 Å². The molecule has 2 heterocycles. The van der Waals surface area contributed by atoms with E-state index in [-0.39, 0.29) is 12.2 Å². The summed E-state index contributed by atoms with van der Waals surface area (Å²) in [5.41, 5.74) is 0.604. The van der Waals surface area contributed by atoms with Gasteiger partial charge in [-0.25, -0.2) is 4.18 Å². The molecule has 1 fully saturated rings. The lowest BCUT2D eigenvalue weighted by atomic mass is 9.99. The Balaban J connectivity index is 1.97. The van der Waals surface area contributed by atoms with Crippen molar-refractivity contribution in [1.29, 1.82) is 0 Å². The van der Waals surface area contributed by atoms with Gasteiger partial charge in [-0.2, -0.15) is 8.42 Å². The van der Waals surface area contributed by atoms with Gasteiger partial charge in [0.1, 0.15) is 24.4 Å². The van der Waals surface area contributed by atoms with Crippen LogP contribution in [-0.4, -0.2) is 70.7 Å². The Kier molecular flexibility index (Phi) is 6.30. The van der Waals surface area contributed by atoms with Gasteiger partial charge in [-0.05, 0) is 0 Å². The number of furan rings is 1. The molecule has 0 aromatic carbocycles. The van der Waals surface area contributed by atoms with E-state index < -0.39 is 54.3 Å². The Labute approximate surface area is 136 Å². The van der Waals surface area contributed by atoms with E-state index in [0.29, 0.717) is 5.56 Å². The third-order valence-electron chi connectivity index (χ3n) is 3.45. The van der Waals surface area contributed by atoms with Crippen LogP contribution in [0.3, 0.4) is 0 Å². The smallest absolute Gasteiger partial charge is 0.397 e. The van der Waals surface area contributed by atoms with Gasteiger partial charge in [0.05, 0.1) is 32.3 Å². The Morgan fingerprint density at radius 2 is 1.67 bits per heavy atom. The molecule has 12 heteroatoms. The Bertz CT molecular complexity index is 625. The van der Waals surface area contributed by atoms with Crippen LogP contribution in [-0.2, 0) is 37.3 Å². The molecule has 0 radical (unpaired) electrons. The summed E-state index contributed by atoms with van der Waals surface area (Å²) >= 11 is 0. The Hall–Kier alpha value is -1.09. The lowest BCUT2D eigenvalue weighted by Crippen LogP contribution is -2.59. The predicted molar refractivity (Wildman–Crippen MR) is 73.6 cm³/mol. The van der Waals surface area contributed by atoms with Crippen molar-refractivity contribution >= 4 is 10.4 Å². The quantitative estimate of drug-likeness (QED) is 0.333. The highest BCUT2D eigenvalue weighted by molar-refractivity contribution is 7.80. The monoisotopic (exact) mass is 370 g/mol. The van der Waals surface area contributed by atoms with Gasteiger partial charge in [0.2, 0.25) is 0 Å². The minimum absolute atomic E-state index is 0.219. The van der Waals surface area contributed by atoms with Gasteiger partial charge in [-0.3, -0.25) is 4.55 Å². The van der Waals surface area contributed by atoms with Crippen molar-refractivity contribution in [2.75, 3.05) is 6.61 Å². The number of aliphatic hydroxyl groups is 4. The van der Waals surface area contributed by atoms with E-state index in [9.17, 15) is 23.7 Å². The molecular formula is C12H18O11S. The largest absolute Gasteiger partial charge is 0.472 e. The lowest BCUT2D eigenvalue weighted by molar-refractivity contribution is -0.304. The van der Waals surface area contributed by atoms with Crippen LogP contribution in [0.5, 0.6) is 0 Å². The van der Waals surface area contributed by atoms with Crippen molar-refractivity contribution < 1.29 is 51.5 Å². The van der Waals surface area contributed by atoms with E-state index in [2.05, 4.69) is 4.18 Å². The lowest BCUT2D eigenvalue weighted by Gasteiger charge is -2.39. The van der Waals surface area contributed by atoms with Gasteiger partial charge in [0, 0.05) is 11.1 Å². The summed E-state index contributed by atoms with van der Waals surface area (Å²) in [6.07, 6.45) is -4.69. The molecule has 0 saturated carbocycles. The molecule has 1 aromatic rings. The molecule has 0 amide bonds. The average Bonchev–Trinajstić information content (AvgIpc) is 2.97. The van der Waals surface area contributed by atoms with Crippen molar-refractivity contribution in [2.24, 2.45) is 0 Å². The number of aliphatic hydroxyl groups excluding tert-OH is 4. The standard InChI is InChI=1S/C12H18O11S/c13-1-8-9(14)10(15)11(16)12(23-8)21-4-6-2-20-3-7(6)5-22-24(17,18)19/h2-3,8-16H,1,4-5H2,(H,17,18,19)/t8-,9-,10+,11-,12-/m1/s1. The van der Waals surface area contributed by atoms with Crippen LogP contribution in [0.25, 0.3) is 0 Å². The average molecular weight is 370 g/mol. The SMILES string of the molecule is O=S(=O)(O)OCc1cocc1CO[C@@H]1O[C@H](CO)[C@@H](O)[C@H](O)[C@H]1O. The van der Waals surface area contributed by atoms with Crippen molar-refractivity contribution in [3.8, 4) is 0 Å². The van der Waals surface area contributed by atoms with Crippen LogP contribution < -0.4 is 0 Å². The summed E-state index contributed by atoms with van der Waals surface area (Å²) in [5.74, 6) is 0. The third-order valence-corrected chi connectivity index (χ3v) is 3.86. The summed E-state index contributed by atoms with van der Waals surface area (Å²) in [6.45, 7) is -1.31. The van der Waals surface area contributed by atoms with Crippen molar-refractivity contribution in [2.45, 2.75) is 43.9 Å². The molecule has 5 atom stereocenters. The number of hydrogen-bond acceptors (Lipinski definition) is 10. The summed E-state index contributed by atoms with van der Waals surface area (Å²) in [5, 5.41) is 38.2. The van der Waals surface area contributed by atoms with E-state index in [1.165, 1.54) is 12.5 Å². The van der Waals surface area contributed by atoms with Gasteiger partial charge in [0.15, 0.2) is 6.29 Å². The van der Waals surface area contributed by atoms with E-state index in [0.717, 1.165) is 0 Å². The number of rotatable bonds is 7. The zero-order chi connectivity index (χ0) is 17.9. The molecule has 1 aliphatic heterocycles. The first-order valence-electron chi connectivity index (χ1n) is 6.81. The fourth-order valence-electron chi connectivity index (χ4n) is 2.12. The van der Waals surface area contributed by atoms with Gasteiger partial charge in [-0.1, -0.05) is 0 Å². The fraction of sp³-hybridized carbons (Fsp3) is 0.667. The van der Waals surface area contributed by atoms with Crippen molar-refractivity contribution in [3.63, 3.8) is 0 Å². The van der Waals surface area contributed by atoms with Crippen LogP contribution in [0.2, 0.25) is 0 Å². The maximum atomic E-state index is 10.6. The minimum Gasteiger partial charge on any atom is -0.472 e. The highest BCUT2D eigenvalue weighted by Crippen LogP contribution is 2.23. The highest BCUT2D eigenvalue weighted by atomic mass is 32.3. The van der Waals surface area contributed by atoms with Crippen LogP contribution >= 0.6 is 0 Å². The first-order valence-corrected chi connectivity index (χ1v) is 8.17. The normalized spacial score (nSPS) is 31.3. The molecular weight excluding hydrogens is 352 g/mol. The van der Waals surface area contributed by atoms with Gasteiger partial charge in [0.25, 0.3) is 0 Å². The molecule has 0 spiro atoms. The molecule has 0 bridgehead atoms. The molecule has 1 aliphatic rings. The summed E-state index contributed by atoms with van der Waals surface area (Å²) in [7, 11) is -4.62. The summed E-state index contributed by atoms with van der Waals surface area (Å²) in [6, 6.07) is 0. The first-order chi connectivity index (χ1) is 11.2. The molecule has 5 N–H and O–H groups in total. The predicted octanol–water partition coefficient (Wildman–Crippen LogP) is -2.08. The second kappa shape index (κ2) is 7.86. The van der Waals surface area contributed by atoms with E-state index in [1.807, 2.05) is 0 Å². The Morgan fingerprint density at radius 3 is 2.25 bits per heavy atom. The maximum Gasteiger partial charge on any atom is 0.397 e. The van der Waals surface area contributed by atoms with Crippen molar-refractivity contribution in [1.82, 2.24) is 0 Å². The van der Waals surface area contributed by atoms with Crippen LogP contribution in [0.4, 0.5) is 0 Å². The maximum absolute atomic E-state index is 10.6. The Morgan fingerprint density at radius 1 is 1.04 bits per heavy atom. The van der Waals surface area contributed by atoms with Crippen molar-refractivity contribution in [3.05, 3.63) is 23.7 Å². The highest BCUT2D eigenvalue weighted by Gasteiger charge is 2.44. The van der Waals surface area contributed by atoms with E-state index >= 15 is 0 Å². The molecule has 0 unspecified atom stereocenters. The number of ether oxygens (including phenoxy) is 2. The van der Waals surface area contributed by atoms with Gasteiger partial charge < -0.3 is 34.3 Å². The molecule has 1 aromatic heterocycles. The second-order valence-electron chi connectivity index (χ2n) is 5.12. The summed E-state index contributed by atoms with van der Waals surface area (Å²) in [4.78, 5) is 0. The molecule has 24 heavy (non-hydrogen) atoms. The zero-order valence-electron chi connectivity index (χ0n) is 12.3. The van der Waals surface area contributed by atoms with E-state index in [4.69, 9.17) is 23.6 Å². The second-order valence-corrected chi connectivity index (χ2v) is 6.21. The van der Waals surface area contributed by atoms with Crippen LogP contribution in [0.15, 0.2) is 16.9 Å². The molecule has 11 nitrogen and oxygen atoms in total. The minimum atomic E-state index is -4.62. The molecule has 0 aliphatic carbocycles. The molecule has 138 valence electrons. The molecule has 2 rings (SSSR count). The molecule has 1 saturated heterocycles. The van der Waals surface area contributed by atoms with Crippen LogP contribution in [0.1, 0.15) is 11.1 Å².